The van der Waals surface area contributed by atoms with Crippen molar-refractivity contribution in [1.82, 2.24) is 0 Å². The zero-order valence-electron chi connectivity index (χ0n) is 10.4. The van der Waals surface area contributed by atoms with Crippen molar-refractivity contribution in [2.75, 3.05) is 11.9 Å². The van der Waals surface area contributed by atoms with Gasteiger partial charge in [-0.2, -0.15) is 0 Å². The Morgan fingerprint density at radius 2 is 1.89 bits per heavy atom. The van der Waals surface area contributed by atoms with Crippen molar-refractivity contribution in [1.29, 1.82) is 0 Å². The van der Waals surface area contributed by atoms with Crippen LogP contribution in [-0.2, 0) is 0 Å². The van der Waals surface area contributed by atoms with E-state index >= 15 is 0 Å². The van der Waals surface area contributed by atoms with E-state index in [2.05, 4.69) is 5.16 Å². The van der Waals surface area contributed by atoms with Crippen molar-refractivity contribution in [3.05, 3.63) is 59.1 Å². The van der Waals surface area contributed by atoms with Crippen molar-refractivity contribution in [2.45, 2.75) is 0 Å². The van der Waals surface area contributed by atoms with Gasteiger partial charge in [0.05, 0.1) is 10.7 Å². The number of hydrogen-bond donors (Lipinski definition) is 2. The highest BCUT2D eigenvalue weighted by molar-refractivity contribution is 6.33. The second-order valence-electron chi connectivity index (χ2n) is 4.05. The predicted molar refractivity (Wildman–Crippen MR) is 78.5 cm³/mol. The first-order valence-corrected chi connectivity index (χ1v) is 6.07. The molecule has 0 atom stereocenters. The van der Waals surface area contributed by atoms with Crippen LogP contribution in [0.2, 0.25) is 5.02 Å². The molecule has 19 heavy (non-hydrogen) atoms. The van der Waals surface area contributed by atoms with Gasteiger partial charge in [0.2, 0.25) is 0 Å². The molecule has 0 bridgehead atoms. The van der Waals surface area contributed by atoms with Crippen molar-refractivity contribution >= 4 is 28.8 Å². The van der Waals surface area contributed by atoms with E-state index in [-0.39, 0.29) is 5.84 Å². The fourth-order valence-corrected chi connectivity index (χ4v) is 2.09. The van der Waals surface area contributed by atoms with Crippen LogP contribution in [0.1, 0.15) is 5.56 Å². The predicted octanol–water partition coefficient (Wildman–Crippen LogP) is 3.20. The molecule has 0 aliphatic carbocycles. The number of para-hydroxylation sites is 1. The number of nitrogens with two attached hydrogens (primary N) is 1. The molecule has 2 aromatic rings. The molecule has 0 unspecified atom stereocenters. The van der Waals surface area contributed by atoms with Crippen LogP contribution in [0.25, 0.3) is 0 Å². The summed E-state index contributed by atoms with van der Waals surface area (Å²) in [5, 5.41) is 12.1. The highest BCUT2D eigenvalue weighted by Crippen LogP contribution is 2.31. The Hall–Kier alpha value is -2.20. The van der Waals surface area contributed by atoms with Gasteiger partial charge in [0.15, 0.2) is 5.84 Å². The van der Waals surface area contributed by atoms with E-state index in [0.717, 1.165) is 11.4 Å². The molecule has 0 radical (unpaired) electrons. The topological polar surface area (TPSA) is 61.8 Å². The molecular formula is C14H14ClN3O. The number of nitrogens with zero attached hydrogens (tertiary/aromatic N) is 2. The number of benzene rings is 2. The first-order valence-electron chi connectivity index (χ1n) is 5.69. The molecule has 0 heterocycles. The Morgan fingerprint density at radius 1 is 1.21 bits per heavy atom. The maximum absolute atomic E-state index is 8.65. The van der Waals surface area contributed by atoms with Gasteiger partial charge in [-0.15, -0.1) is 0 Å². The zero-order chi connectivity index (χ0) is 13.8. The molecule has 2 aromatic carbocycles. The van der Waals surface area contributed by atoms with Crippen LogP contribution in [-0.4, -0.2) is 18.1 Å². The minimum Gasteiger partial charge on any atom is -0.409 e. The van der Waals surface area contributed by atoms with E-state index in [0.29, 0.717) is 10.6 Å². The number of hydrogen-bond acceptors (Lipinski definition) is 3. The Kier molecular flexibility index (Phi) is 3.92. The fraction of sp³-hybridized carbons (Fsp3) is 0.0714. The Labute approximate surface area is 116 Å². The summed E-state index contributed by atoms with van der Waals surface area (Å²) in [7, 11) is 1.93. The first-order chi connectivity index (χ1) is 9.13. The first kappa shape index (κ1) is 13.2. The maximum atomic E-state index is 8.65. The van der Waals surface area contributed by atoms with Crippen molar-refractivity contribution in [3.8, 4) is 0 Å². The third-order valence-electron chi connectivity index (χ3n) is 2.86. The van der Waals surface area contributed by atoms with Crippen LogP contribution in [0.15, 0.2) is 53.7 Å². The highest BCUT2D eigenvalue weighted by atomic mass is 35.5. The number of oxime groups is 1. The van der Waals surface area contributed by atoms with Crippen molar-refractivity contribution in [2.24, 2.45) is 10.9 Å². The summed E-state index contributed by atoms with van der Waals surface area (Å²) >= 11 is 6.24. The summed E-state index contributed by atoms with van der Waals surface area (Å²) in [5.74, 6) is 0.0378. The summed E-state index contributed by atoms with van der Waals surface area (Å²) in [6, 6.07) is 15.1. The average Bonchev–Trinajstić information content (AvgIpc) is 2.46. The monoisotopic (exact) mass is 275 g/mol. The SMILES string of the molecule is CN(c1ccccc1)c1ccc(C(N)=NO)cc1Cl. The van der Waals surface area contributed by atoms with E-state index in [9.17, 15) is 0 Å². The summed E-state index contributed by atoms with van der Waals surface area (Å²) in [6.07, 6.45) is 0. The molecule has 0 aliphatic heterocycles. The van der Waals surface area contributed by atoms with E-state index < -0.39 is 0 Å². The molecule has 0 aliphatic rings. The van der Waals surface area contributed by atoms with Gasteiger partial charge in [-0.1, -0.05) is 35.0 Å². The number of halogens is 1. The standard InChI is InChI=1S/C14H14ClN3O/c1-18(11-5-3-2-4-6-11)13-8-7-10(9-12(13)15)14(16)17-19/h2-9,19H,1H3,(H2,16,17). The largest absolute Gasteiger partial charge is 0.409 e. The van der Waals surface area contributed by atoms with Crippen LogP contribution in [0, 0.1) is 0 Å². The number of anilines is 2. The van der Waals surface area contributed by atoms with Gasteiger partial charge in [-0.3, -0.25) is 0 Å². The summed E-state index contributed by atoms with van der Waals surface area (Å²) in [6.45, 7) is 0. The second-order valence-corrected chi connectivity index (χ2v) is 4.45. The third kappa shape index (κ3) is 2.80. The van der Waals surface area contributed by atoms with Crippen molar-refractivity contribution < 1.29 is 5.21 Å². The molecule has 3 N–H and O–H groups in total. The fourth-order valence-electron chi connectivity index (χ4n) is 1.79. The van der Waals surface area contributed by atoms with E-state index in [1.54, 1.807) is 12.1 Å². The lowest BCUT2D eigenvalue weighted by Gasteiger charge is -2.21. The molecule has 2 rings (SSSR count). The zero-order valence-corrected chi connectivity index (χ0v) is 11.2. The molecule has 5 heteroatoms. The van der Waals surface area contributed by atoms with Gasteiger partial charge in [0, 0.05) is 18.3 Å². The third-order valence-corrected chi connectivity index (χ3v) is 3.16. The molecule has 0 aromatic heterocycles. The highest BCUT2D eigenvalue weighted by Gasteiger charge is 2.10. The van der Waals surface area contributed by atoms with Crippen LogP contribution < -0.4 is 10.6 Å². The van der Waals surface area contributed by atoms with E-state index in [4.69, 9.17) is 22.5 Å². The molecule has 0 spiro atoms. The Balaban J connectivity index is 2.37. The van der Waals surface area contributed by atoms with Gasteiger partial charge in [-0.05, 0) is 30.3 Å². The van der Waals surface area contributed by atoms with Crippen LogP contribution in [0.4, 0.5) is 11.4 Å². The van der Waals surface area contributed by atoms with Crippen LogP contribution >= 0.6 is 11.6 Å². The minimum atomic E-state index is 0.0378. The van der Waals surface area contributed by atoms with E-state index in [1.165, 1.54) is 0 Å². The Bertz CT molecular complexity index is 599. The smallest absolute Gasteiger partial charge is 0.170 e. The average molecular weight is 276 g/mol. The number of amidine groups is 1. The van der Waals surface area contributed by atoms with Crippen LogP contribution in [0.3, 0.4) is 0 Å². The molecule has 4 nitrogen and oxygen atoms in total. The molecule has 0 saturated heterocycles. The molecule has 0 fully saturated rings. The normalized spacial score (nSPS) is 11.4. The number of rotatable bonds is 3. The molecular weight excluding hydrogens is 262 g/mol. The van der Waals surface area contributed by atoms with Gasteiger partial charge >= 0.3 is 0 Å². The molecule has 98 valence electrons. The van der Waals surface area contributed by atoms with Gasteiger partial charge in [0.25, 0.3) is 0 Å². The lowest BCUT2D eigenvalue weighted by Crippen LogP contribution is -2.14. The summed E-state index contributed by atoms with van der Waals surface area (Å²) < 4.78 is 0. The van der Waals surface area contributed by atoms with Gasteiger partial charge in [0.1, 0.15) is 0 Å². The minimum absolute atomic E-state index is 0.0378. The summed E-state index contributed by atoms with van der Waals surface area (Å²) in [5.41, 5.74) is 7.99. The van der Waals surface area contributed by atoms with Gasteiger partial charge in [-0.25, -0.2) is 0 Å². The van der Waals surface area contributed by atoms with Crippen molar-refractivity contribution in [3.63, 3.8) is 0 Å². The molecule has 0 amide bonds. The maximum Gasteiger partial charge on any atom is 0.170 e. The lowest BCUT2D eigenvalue weighted by molar-refractivity contribution is 0.318. The molecule has 0 saturated carbocycles. The van der Waals surface area contributed by atoms with Crippen LogP contribution in [0.5, 0.6) is 0 Å². The second kappa shape index (κ2) is 5.63. The van der Waals surface area contributed by atoms with Gasteiger partial charge < -0.3 is 15.8 Å². The lowest BCUT2D eigenvalue weighted by atomic mass is 10.1. The quantitative estimate of drug-likeness (QED) is 0.391. The Morgan fingerprint density at radius 3 is 2.47 bits per heavy atom. The summed E-state index contributed by atoms with van der Waals surface area (Å²) in [4.78, 5) is 1.97. The van der Waals surface area contributed by atoms with E-state index in [1.807, 2.05) is 48.3 Å².